The highest BCUT2D eigenvalue weighted by Gasteiger charge is 2.16. The molecule has 0 unspecified atom stereocenters. The van der Waals surface area contributed by atoms with Crippen molar-refractivity contribution < 1.29 is 13.6 Å². The van der Waals surface area contributed by atoms with Crippen molar-refractivity contribution in [2.75, 3.05) is 37.4 Å². The van der Waals surface area contributed by atoms with Crippen molar-refractivity contribution >= 4 is 17.5 Å². The molecule has 18 heavy (non-hydrogen) atoms. The molecule has 0 bridgehead atoms. The SMILES string of the molecule is CCNc1nc(N(C)CC(=O)NC)c(F)cc1F. The first-order valence-electron chi connectivity index (χ1n) is 5.51. The number of aromatic nitrogens is 1. The molecule has 0 fully saturated rings. The van der Waals surface area contributed by atoms with Crippen LogP contribution < -0.4 is 15.5 Å². The van der Waals surface area contributed by atoms with Crippen molar-refractivity contribution in [3.05, 3.63) is 17.7 Å². The van der Waals surface area contributed by atoms with E-state index in [4.69, 9.17) is 0 Å². The molecule has 0 radical (unpaired) electrons. The smallest absolute Gasteiger partial charge is 0.239 e. The lowest BCUT2D eigenvalue weighted by atomic mass is 10.3. The number of likely N-dealkylation sites (N-methyl/N-ethyl adjacent to an activating group) is 2. The van der Waals surface area contributed by atoms with Gasteiger partial charge in [-0.1, -0.05) is 0 Å². The van der Waals surface area contributed by atoms with Gasteiger partial charge in [0.2, 0.25) is 5.91 Å². The summed E-state index contributed by atoms with van der Waals surface area (Å²) in [6, 6.07) is 0.751. The summed E-state index contributed by atoms with van der Waals surface area (Å²) in [5.74, 6) is -1.95. The maximum absolute atomic E-state index is 13.6. The molecule has 100 valence electrons. The molecule has 5 nitrogen and oxygen atoms in total. The highest BCUT2D eigenvalue weighted by Crippen LogP contribution is 2.21. The van der Waals surface area contributed by atoms with Crippen molar-refractivity contribution in [2.24, 2.45) is 0 Å². The third-order valence-electron chi connectivity index (χ3n) is 2.28. The zero-order valence-electron chi connectivity index (χ0n) is 10.6. The van der Waals surface area contributed by atoms with E-state index >= 15 is 0 Å². The number of nitrogens with zero attached hydrogens (tertiary/aromatic N) is 2. The number of nitrogens with one attached hydrogen (secondary N) is 2. The topological polar surface area (TPSA) is 57.3 Å². The van der Waals surface area contributed by atoms with Gasteiger partial charge in [0.25, 0.3) is 0 Å². The van der Waals surface area contributed by atoms with Gasteiger partial charge in [0.1, 0.15) is 0 Å². The molecule has 1 rings (SSSR count). The summed E-state index contributed by atoms with van der Waals surface area (Å²) >= 11 is 0. The fourth-order valence-electron chi connectivity index (χ4n) is 1.39. The van der Waals surface area contributed by atoms with E-state index in [1.165, 1.54) is 19.0 Å². The summed E-state index contributed by atoms with van der Waals surface area (Å²) in [7, 11) is 2.99. The van der Waals surface area contributed by atoms with Crippen molar-refractivity contribution in [3.8, 4) is 0 Å². The highest BCUT2D eigenvalue weighted by atomic mass is 19.1. The molecule has 0 atom stereocenters. The Hall–Kier alpha value is -1.92. The molecule has 0 saturated carbocycles. The molecule has 1 amide bonds. The van der Waals surface area contributed by atoms with Gasteiger partial charge in [-0.3, -0.25) is 4.79 Å². The van der Waals surface area contributed by atoms with Crippen LogP contribution in [-0.2, 0) is 4.79 Å². The minimum Gasteiger partial charge on any atom is -0.368 e. The lowest BCUT2D eigenvalue weighted by molar-refractivity contribution is -0.119. The Bertz CT molecular complexity index is 439. The number of halogens is 2. The van der Waals surface area contributed by atoms with E-state index in [1.807, 2.05) is 0 Å². The van der Waals surface area contributed by atoms with Gasteiger partial charge >= 0.3 is 0 Å². The van der Waals surface area contributed by atoms with E-state index in [0.29, 0.717) is 6.54 Å². The summed E-state index contributed by atoms with van der Waals surface area (Å²) in [5, 5.41) is 5.10. The molecule has 0 aliphatic heterocycles. The second-order valence-corrected chi connectivity index (χ2v) is 3.68. The van der Waals surface area contributed by atoms with Crippen molar-refractivity contribution in [1.29, 1.82) is 0 Å². The average Bonchev–Trinajstić information content (AvgIpc) is 2.32. The van der Waals surface area contributed by atoms with Crippen molar-refractivity contribution in [2.45, 2.75) is 6.92 Å². The van der Waals surface area contributed by atoms with Crippen LogP contribution >= 0.6 is 0 Å². The Balaban J connectivity index is 3.00. The zero-order valence-corrected chi connectivity index (χ0v) is 10.6. The van der Waals surface area contributed by atoms with Gasteiger partial charge < -0.3 is 15.5 Å². The summed E-state index contributed by atoms with van der Waals surface area (Å²) < 4.78 is 26.9. The fraction of sp³-hybridized carbons (Fsp3) is 0.455. The molecular weight excluding hydrogens is 242 g/mol. The molecule has 1 aromatic heterocycles. The monoisotopic (exact) mass is 258 g/mol. The van der Waals surface area contributed by atoms with E-state index in [0.717, 1.165) is 6.07 Å². The van der Waals surface area contributed by atoms with E-state index in [9.17, 15) is 13.6 Å². The van der Waals surface area contributed by atoms with Gasteiger partial charge in [-0.25, -0.2) is 13.8 Å². The largest absolute Gasteiger partial charge is 0.368 e. The predicted octanol–water partition coefficient (Wildman–Crippen LogP) is 0.974. The maximum Gasteiger partial charge on any atom is 0.239 e. The molecule has 1 aromatic rings. The number of hydrogen-bond acceptors (Lipinski definition) is 4. The van der Waals surface area contributed by atoms with Crippen LogP contribution in [0, 0.1) is 11.6 Å². The van der Waals surface area contributed by atoms with Gasteiger partial charge in [-0.05, 0) is 6.92 Å². The van der Waals surface area contributed by atoms with Crippen LogP contribution in [0.3, 0.4) is 0 Å². The van der Waals surface area contributed by atoms with Crippen LogP contribution in [0.15, 0.2) is 6.07 Å². The Labute approximate surface area is 104 Å². The maximum atomic E-state index is 13.6. The van der Waals surface area contributed by atoms with Crippen LogP contribution in [0.2, 0.25) is 0 Å². The lowest BCUT2D eigenvalue weighted by Crippen LogP contribution is -2.34. The number of rotatable bonds is 5. The van der Waals surface area contributed by atoms with Crippen LogP contribution in [-0.4, -0.2) is 38.1 Å². The number of pyridine rings is 1. The molecule has 2 N–H and O–H groups in total. The minimum absolute atomic E-state index is 0.0299. The third kappa shape index (κ3) is 3.28. The minimum atomic E-state index is -0.805. The Morgan fingerprint density at radius 3 is 2.67 bits per heavy atom. The number of carbonyl (C=O) groups excluding carboxylic acids is 1. The van der Waals surface area contributed by atoms with E-state index in [-0.39, 0.29) is 24.1 Å². The second kappa shape index (κ2) is 6.13. The Morgan fingerprint density at radius 2 is 2.11 bits per heavy atom. The van der Waals surface area contributed by atoms with Crippen LogP contribution in [0.25, 0.3) is 0 Å². The number of anilines is 2. The normalized spacial score (nSPS) is 10.1. The standard InChI is InChI=1S/C11H16F2N4O/c1-4-15-10-7(12)5-8(13)11(16-10)17(3)6-9(18)14-2/h5H,4,6H2,1-3H3,(H,14,18)(H,15,16). The molecule has 7 heteroatoms. The predicted molar refractivity (Wildman–Crippen MR) is 65.7 cm³/mol. The first-order chi connectivity index (χ1) is 8.49. The quantitative estimate of drug-likeness (QED) is 0.826. The lowest BCUT2D eigenvalue weighted by Gasteiger charge is -2.18. The number of hydrogen-bond donors (Lipinski definition) is 2. The summed E-state index contributed by atoms with van der Waals surface area (Å²) in [6.07, 6.45) is 0. The molecule has 0 aromatic carbocycles. The highest BCUT2D eigenvalue weighted by molar-refractivity contribution is 5.80. The van der Waals surface area contributed by atoms with Gasteiger partial charge in [-0.2, -0.15) is 0 Å². The van der Waals surface area contributed by atoms with Crippen LogP contribution in [0.1, 0.15) is 6.92 Å². The molecule has 0 aliphatic carbocycles. The van der Waals surface area contributed by atoms with Crippen LogP contribution in [0.4, 0.5) is 20.4 Å². The summed E-state index contributed by atoms with van der Waals surface area (Å²) in [5.41, 5.74) is 0. The van der Waals surface area contributed by atoms with Crippen LogP contribution in [0.5, 0.6) is 0 Å². The van der Waals surface area contributed by atoms with Gasteiger partial charge in [0.05, 0.1) is 6.54 Å². The first-order valence-corrected chi connectivity index (χ1v) is 5.51. The third-order valence-corrected chi connectivity index (χ3v) is 2.28. The van der Waals surface area contributed by atoms with E-state index in [1.54, 1.807) is 6.92 Å². The first kappa shape index (κ1) is 14.1. The zero-order chi connectivity index (χ0) is 13.7. The molecule has 0 aliphatic rings. The van der Waals surface area contributed by atoms with Crippen molar-refractivity contribution in [3.63, 3.8) is 0 Å². The van der Waals surface area contributed by atoms with Gasteiger partial charge in [0.15, 0.2) is 23.3 Å². The van der Waals surface area contributed by atoms with Gasteiger partial charge in [-0.15, -0.1) is 0 Å². The van der Waals surface area contributed by atoms with E-state index < -0.39 is 11.6 Å². The molecule has 1 heterocycles. The number of carbonyl (C=O) groups is 1. The summed E-state index contributed by atoms with van der Waals surface area (Å²) in [6.45, 7) is 2.18. The average molecular weight is 258 g/mol. The molecule has 0 saturated heterocycles. The fourth-order valence-corrected chi connectivity index (χ4v) is 1.39. The van der Waals surface area contributed by atoms with E-state index in [2.05, 4.69) is 15.6 Å². The Kier molecular flexibility index (Phi) is 4.82. The number of amides is 1. The van der Waals surface area contributed by atoms with Crippen molar-refractivity contribution in [1.82, 2.24) is 10.3 Å². The second-order valence-electron chi connectivity index (χ2n) is 3.68. The molecule has 0 spiro atoms. The van der Waals surface area contributed by atoms with Gasteiger partial charge in [0, 0.05) is 26.7 Å². The molecular formula is C11H16F2N4O. The Morgan fingerprint density at radius 1 is 1.44 bits per heavy atom. The summed E-state index contributed by atoms with van der Waals surface area (Å²) in [4.78, 5) is 16.3.